The second-order valence-electron chi connectivity index (χ2n) is 3.55. The number of nitrogens with two attached hydrogens (primary N) is 2. The Bertz CT molecular complexity index is 747. The number of aromatic nitrogens is 4. The molecule has 3 aromatic heterocycles. The van der Waals surface area contributed by atoms with Gasteiger partial charge in [-0.15, -0.1) is 10.2 Å². The number of primary amides is 1. The van der Waals surface area contributed by atoms with Crippen LogP contribution in [0, 0.1) is 0 Å². The molecule has 0 spiro atoms. The Labute approximate surface area is 95.1 Å². The first-order valence-electron chi connectivity index (χ1n) is 4.86. The predicted octanol–water partition coefficient (Wildman–Crippen LogP) is -0.0414. The van der Waals surface area contributed by atoms with Gasteiger partial charge in [0.15, 0.2) is 5.65 Å². The van der Waals surface area contributed by atoms with Gasteiger partial charge in [0.2, 0.25) is 0 Å². The Balaban J connectivity index is 2.65. The van der Waals surface area contributed by atoms with Crippen LogP contribution in [-0.4, -0.2) is 25.5 Å². The normalized spacial score (nSPS) is 11.1. The smallest absolute Gasteiger partial charge is 0.254 e. The summed E-state index contributed by atoms with van der Waals surface area (Å²) in [5.41, 5.74) is 12.6. The second-order valence-corrected chi connectivity index (χ2v) is 3.55. The van der Waals surface area contributed by atoms with Crippen molar-refractivity contribution in [3.63, 3.8) is 0 Å². The van der Waals surface area contributed by atoms with Crippen LogP contribution >= 0.6 is 0 Å². The molecule has 3 aromatic rings. The highest BCUT2D eigenvalue weighted by Crippen LogP contribution is 2.26. The summed E-state index contributed by atoms with van der Waals surface area (Å²) < 4.78 is 1.59. The number of hydrogen-bond acceptors (Lipinski definition) is 5. The lowest BCUT2D eigenvalue weighted by molar-refractivity contribution is 0.100. The molecule has 0 aromatic carbocycles. The van der Waals surface area contributed by atoms with Gasteiger partial charge < -0.3 is 11.5 Å². The highest BCUT2D eigenvalue weighted by molar-refractivity contribution is 6.10. The number of rotatable bonds is 1. The lowest BCUT2D eigenvalue weighted by Crippen LogP contribution is -2.16. The standard InChI is InChI=1S/C10H8N6O/c11-7-5-2-1-3-13-9(5)16-4-14-15-10(16)6(7)8(12)17/h1-4H,11H2,(H2,12,17). The van der Waals surface area contributed by atoms with Gasteiger partial charge in [-0.3, -0.25) is 9.20 Å². The highest BCUT2D eigenvalue weighted by Gasteiger charge is 2.18. The van der Waals surface area contributed by atoms with Crippen molar-refractivity contribution in [2.75, 3.05) is 5.73 Å². The van der Waals surface area contributed by atoms with Crippen LogP contribution in [0.4, 0.5) is 5.69 Å². The molecule has 3 rings (SSSR count). The fourth-order valence-corrected chi connectivity index (χ4v) is 1.86. The molecule has 0 atom stereocenters. The van der Waals surface area contributed by atoms with Gasteiger partial charge in [-0.2, -0.15) is 0 Å². The van der Waals surface area contributed by atoms with Crippen LogP contribution in [-0.2, 0) is 0 Å². The highest BCUT2D eigenvalue weighted by atomic mass is 16.1. The summed E-state index contributed by atoms with van der Waals surface area (Å²) in [5, 5.41) is 8.24. The van der Waals surface area contributed by atoms with Gasteiger partial charge in [0.1, 0.15) is 17.5 Å². The van der Waals surface area contributed by atoms with Crippen molar-refractivity contribution in [2.24, 2.45) is 5.73 Å². The largest absolute Gasteiger partial charge is 0.397 e. The number of carbonyl (C=O) groups excluding carboxylic acids is 1. The molecular weight excluding hydrogens is 220 g/mol. The maximum Gasteiger partial charge on any atom is 0.254 e. The number of pyridine rings is 2. The minimum absolute atomic E-state index is 0.169. The third-order valence-corrected chi connectivity index (χ3v) is 2.59. The zero-order chi connectivity index (χ0) is 12.0. The summed E-state index contributed by atoms with van der Waals surface area (Å²) in [7, 11) is 0. The number of amides is 1. The van der Waals surface area contributed by atoms with E-state index < -0.39 is 5.91 Å². The van der Waals surface area contributed by atoms with E-state index in [1.165, 1.54) is 6.33 Å². The Hall–Kier alpha value is -2.70. The molecule has 1 amide bonds. The first-order chi connectivity index (χ1) is 8.20. The fraction of sp³-hybridized carbons (Fsp3) is 0. The Morgan fingerprint density at radius 2 is 2.18 bits per heavy atom. The van der Waals surface area contributed by atoms with Gasteiger partial charge >= 0.3 is 0 Å². The van der Waals surface area contributed by atoms with Crippen molar-refractivity contribution in [1.29, 1.82) is 0 Å². The molecule has 0 aliphatic carbocycles. The maximum absolute atomic E-state index is 11.4. The van der Waals surface area contributed by atoms with Crippen molar-refractivity contribution in [2.45, 2.75) is 0 Å². The lowest BCUT2D eigenvalue weighted by Gasteiger charge is -2.07. The third-order valence-electron chi connectivity index (χ3n) is 2.59. The molecule has 0 radical (unpaired) electrons. The molecule has 0 bridgehead atoms. The summed E-state index contributed by atoms with van der Waals surface area (Å²) in [5.74, 6) is -0.633. The summed E-state index contributed by atoms with van der Waals surface area (Å²) in [4.78, 5) is 15.6. The molecule has 0 fully saturated rings. The maximum atomic E-state index is 11.4. The number of nitrogens with zero attached hydrogens (tertiary/aromatic N) is 4. The summed E-state index contributed by atoms with van der Waals surface area (Å²) in [6.45, 7) is 0. The minimum Gasteiger partial charge on any atom is -0.397 e. The molecular formula is C10H8N6O. The second kappa shape index (κ2) is 3.14. The van der Waals surface area contributed by atoms with Crippen molar-refractivity contribution >= 4 is 28.3 Å². The molecule has 0 saturated carbocycles. The van der Waals surface area contributed by atoms with E-state index in [1.54, 1.807) is 22.7 Å². The quantitative estimate of drug-likeness (QED) is 0.606. The van der Waals surface area contributed by atoms with E-state index in [-0.39, 0.29) is 11.3 Å². The van der Waals surface area contributed by atoms with E-state index in [9.17, 15) is 4.79 Å². The van der Waals surface area contributed by atoms with Crippen LogP contribution in [0.1, 0.15) is 10.4 Å². The van der Waals surface area contributed by atoms with E-state index in [4.69, 9.17) is 11.5 Å². The van der Waals surface area contributed by atoms with Crippen LogP contribution in [0.15, 0.2) is 24.7 Å². The number of nitrogen functional groups attached to an aromatic ring is 1. The Kier molecular flexibility index (Phi) is 1.76. The minimum atomic E-state index is -0.633. The molecule has 0 aliphatic rings. The van der Waals surface area contributed by atoms with Crippen LogP contribution < -0.4 is 11.5 Å². The Morgan fingerprint density at radius 1 is 1.35 bits per heavy atom. The predicted molar refractivity (Wildman–Crippen MR) is 61.2 cm³/mol. The van der Waals surface area contributed by atoms with E-state index in [0.29, 0.717) is 16.7 Å². The molecule has 17 heavy (non-hydrogen) atoms. The third kappa shape index (κ3) is 1.16. The summed E-state index contributed by atoms with van der Waals surface area (Å²) in [6.07, 6.45) is 3.10. The SMILES string of the molecule is NC(=O)c1c(N)c2cccnc2n2cnnc12. The lowest BCUT2D eigenvalue weighted by atomic mass is 10.1. The van der Waals surface area contributed by atoms with Crippen molar-refractivity contribution in [3.8, 4) is 0 Å². The average molecular weight is 228 g/mol. The first kappa shape index (κ1) is 9.52. The summed E-state index contributed by atoms with van der Waals surface area (Å²) >= 11 is 0. The zero-order valence-electron chi connectivity index (χ0n) is 8.66. The van der Waals surface area contributed by atoms with E-state index >= 15 is 0 Å². The van der Waals surface area contributed by atoms with Gasteiger partial charge in [-0.05, 0) is 12.1 Å². The molecule has 7 nitrogen and oxygen atoms in total. The monoisotopic (exact) mass is 228 g/mol. The van der Waals surface area contributed by atoms with Crippen LogP contribution in [0.25, 0.3) is 16.7 Å². The molecule has 0 unspecified atom stereocenters. The van der Waals surface area contributed by atoms with Gasteiger partial charge in [0.05, 0.1) is 5.69 Å². The zero-order valence-corrected chi connectivity index (χ0v) is 8.66. The molecule has 3 heterocycles. The van der Waals surface area contributed by atoms with Gasteiger partial charge in [0, 0.05) is 11.6 Å². The molecule has 4 N–H and O–H groups in total. The van der Waals surface area contributed by atoms with E-state index in [1.807, 2.05) is 0 Å². The van der Waals surface area contributed by atoms with E-state index in [0.717, 1.165) is 0 Å². The van der Waals surface area contributed by atoms with Gasteiger partial charge in [0.25, 0.3) is 5.91 Å². The molecule has 0 saturated heterocycles. The fourth-order valence-electron chi connectivity index (χ4n) is 1.86. The van der Waals surface area contributed by atoms with Crippen molar-refractivity contribution in [3.05, 3.63) is 30.2 Å². The molecule has 7 heteroatoms. The van der Waals surface area contributed by atoms with Crippen LogP contribution in [0.3, 0.4) is 0 Å². The van der Waals surface area contributed by atoms with Crippen LogP contribution in [0.2, 0.25) is 0 Å². The number of hydrogen-bond donors (Lipinski definition) is 2. The summed E-state index contributed by atoms with van der Waals surface area (Å²) in [6, 6.07) is 3.50. The van der Waals surface area contributed by atoms with E-state index in [2.05, 4.69) is 15.2 Å². The average Bonchev–Trinajstić information content (AvgIpc) is 2.78. The number of carbonyl (C=O) groups is 1. The topological polar surface area (TPSA) is 112 Å². The number of anilines is 1. The number of fused-ring (bicyclic) bond motifs is 3. The van der Waals surface area contributed by atoms with Gasteiger partial charge in [-0.25, -0.2) is 4.98 Å². The van der Waals surface area contributed by atoms with Crippen molar-refractivity contribution in [1.82, 2.24) is 19.6 Å². The van der Waals surface area contributed by atoms with Gasteiger partial charge in [-0.1, -0.05) is 0 Å². The molecule has 84 valence electrons. The Morgan fingerprint density at radius 3 is 2.94 bits per heavy atom. The molecule has 0 aliphatic heterocycles. The van der Waals surface area contributed by atoms with Crippen molar-refractivity contribution < 1.29 is 4.79 Å². The van der Waals surface area contributed by atoms with Crippen LogP contribution in [0.5, 0.6) is 0 Å². The first-order valence-corrected chi connectivity index (χ1v) is 4.86.